The van der Waals surface area contributed by atoms with E-state index in [-0.39, 0.29) is 18.8 Å². The molecule has 0 aliphatic carbocycles. The first-order valence-corrected chi connectivity index (χ1v) is 5.04. The lowest BCUT2D eigenvalue weighted by atomic mass is 9.88. The van der Waals surface area contributed by atoms with E-state index in [0.29, 0.717) is 5.92 Å². The van der Waals surface area contributed by atoms with Crippen LogP contribution < -0.4 is 0 Å². The van der Waals surface area contributed by atoms with Crippen LogP contribution in [-0.2, 0) is 14.3 Å². The van der Waals surface area contributed by atoms with E-state index < -0.39 is 12.1 Å². The first-order valence-electron chi connectivity index (χ1n) is 5.04. The van der Waals surface area contributed by atoms with Crippen LogP contribution in [0.4, 0.5) is 0 Å². The van der Waals surface area contributed by atoms with Crippen LogP contribution in [0.25, 0.3) is 0 Å². The number of aliphatic hydroxyl groups is 1. The van der Waals surface area contributed by atoms with Crippen LogP contribution in [0.3, 0.4) is 0 Å². The van der Waals surface area contributed by atoms with Crippen molar-refractivity contribution in [3.8, 4) is 0 Å². The summed E-state index contributed by atoms with van der Waals surface area (Å²) in [6.45, 7) is 5.87. The molecule has 1 aliphatic heterocycles. The molecule has 4 atom stereocenters. The van der Waals surface area contributed by atoms with E-state index in [2.05, 4.69) is 6.92 Å². The molecular weight excluding hydrogens is 184 g/mol. The van der Waals surface area contributed by atoms with Crippen molar-refractivity contribution in [2.24, 2.45) is 11.8 Å². The number of aliphatic hydroxyl groups excluding tert-OH is 1. The van der Waals surface area contributed by atoms with Crippen LogP contribution in [0.1, 0.15) is 27.2 Å². The smallest absolute Gasteiger partial charge is 0.337 e. The Balaban J connectivity index is 2.71. The summed E-state index contributed by atoms with van der Waals surface area (Å²) in [6.07, 6.45) is -0.214. The Morgan fingerprint density at radius 1 is 1.64 bits per heavy atom. The summed E-state index contributed by atoms with van der Waals surface area (Å²) in [5.74, 6) is -0.475. The average Bonchev–Trinajstić information content (AvgIpc) is 2.31. The molecule has 0 aromatic carbocycles. The lowest BCUT2D eigenvalue weighted by Crippen LogP contribution is -2.37. The van der Waals surface area contributed by atoms with Crippen molar-refractivity contribution in [3.63, 3.8) is 0 Å². The number of hydrogen-bond acceptors (Lipinski definition) is 4. The molecule has 0 aromatic heterocycles. The van der Waals surface area contributed by atoms with E-state index >= 15 is 0 Å². The van der Waals surface area contributed by atoms with Gasteiger partial charge in [0.1, 0.15) is 0 Å². The average molecular weight is 202 g/mol. The van der Waals surface area contributed by atoms with Crippen LogP contribution >= 0.6 is 0 Å². The Labute approximate surface area is 84.2 Å². The molecule has 82 valence electrons. The van der Waals surface area contributed by atoms with Crippen LogP contribution in [-0.4, -0.2) is 30.1 Å². The highest BCUT2D eigenvalue weighted by Gasteiger charge is 2.36. The van der Waals surface area contributed by atoms with Crippen LogP contribution in [0.5, 0.6) is 0 Å². The minimum absolute atomic E-state index is 0.0464. The third-order valence-electron chi connectivity index (χ3n) is 2.92. The minimum atomic E-state index is -1.06. The fourth-order valence-corrected chi connectivity index (χ4v) is 1.72. The summed E-state index contributed by atoms with van der Waals surface area (Å²) < 4.78 is 10.1. The molecule has 1 saturated heterocycles. The van der Waals surface area contributed by atoms with E-state index in [0.717, 1.165) is 6.42 Å². The summed E-state index contributed by atoms with van der Waals surface area (Å²) in [4.78, 5) is 11.1. The lowest BCUT2D eigenvalue weighted by molar-refractivity contribution is -0.161. The van der Waals surface area contributed by atoms with Crippen molar-refractivity contribution >= 4 is 5.97 Å². The third-order valence-corrected chi connectivity index (χ3v) is 2.92. The first kappa shape index (κ1) is 11.5. The fraction of sp³-hybridized carbons (Fsp3) is 0.900. The number of ether oxygens (including phenoxy) is 2. The first-order chi connectivity index (χ1) is 6.57. The van der Waals surface area contributed by atoms with Crippen molar-refractivity contribution in [2.45, 2.75) is 39.4 Å². The third kappa shape index (κ3) is 2.25. The van der Waals surface area contributed by atoms with Gasteiger partial charge in [0.2, 0.25) is 0 Å². The lowest BCUT2D eigenvalue weighted by Gasteiger charge is -2.27. The molecule has 4 nitrogen and oxygen atoms in total. The molecule has 1 fully saturated rings. The zero-order chi connectivity index (χ0) is 10.7. The molecule has 0 aromatic rings. The zero-order valence-electron chi connectivity index (χ0n) is 8.90. The normalized spacial score (nSPS) is 36.0. The second kappa shape index (κ2) is 4.75. The fourth-order valence-electron chi connectivity index (χ4n) is 1.72. The molecule has 1 N–H and O–H groups in total. The Hall–Kier alpha value is -0.610. The largest absolute Gasteiger partial charge is 0.437 e. The predicted molar refractivity (Wildman–Crippen MR) is 50.5 cm³/mol. The van der Waals surface area contributed by atoms with Gasteiger partial charge in [0, 0.05) is 5.92 Å². The van der Waals surface area contributed by atoms with Gasteiger partial charge in [0.25, 0.3) is 0 Å². The molecule has 4 heteroatoms. The molecule has 0 amide bonds. The monoisotopic (exact) mass is 202 g/mol. The second-order valence-corrected chi connectivity index (χ2v) is 3.90. The molecule has 0 spiro atoms. The van der Waals surface area contributed by atoms with Gasteiger partial charge in [-0.15, -0.1) is 0 Å². The highest BCUT2D eigenvalue weighted by atomic mass is 16.7. The number of cyclic esters (lactones) is 1. The molecular formula is C10H18O4. The number of hydrogen-bond donors (Lipinski definition) is 1. The molecule has 0 saturated carbocycles. The van der Waals surface area contributed by atoms with Crippen molar-refractivity contribution in [2.75, 3.05) is 6.79 Å². The number of carbonyl (C=O) groups excluding carboxylic acids is 1. The summed E-state index contributed by atoms with van der Waals surface area (Å²) in [6, 6.07) is 0. The van der Waals surface area contributed by atoms with Gasteiger partial charge in [-0.3, -0.25) is 0 Å². The summed E-state index contributed by atoms with van der Waals surface area (Å²) in [7, 11) is 0. The van der Waals surface area contributed by atoms with Crippen molar-refractivity contribution < 1.29 is 19.4 Å². The zero-order valence-corrected chi connectivity index (χ0v) is 8.90. The number of rotatable bonds is 2. The van der Waals surface area contributed by atoms with Crippen molar-refractivity contribution in [3.05, 3.63) is 0 Å². The van der Waals surface area contributed by atoms with Gasteiger partial charge in [-0.05, 0) is 5.92 Å². The summed E-state index contributed by atoms with van der Waals surface area (Å²) in [5.41, 5.74) is 0. The molecule has 0 radical (unpaired) electrons. The van der Waals surface area contributed by atoms with Crippen molar-refractivity contribution in [1.82, 2.24) is 0 Å². The predicted octanol–water partition coefficient (Wildman–Crippen LogP) is 0.929. The standard InChI is InChI=1S/C10H18O4/c1-4-6(2)9-7(3)8(11)10(12)14-5-13-9/h6-9,11H,4-5H2,1-3H3/t6?,7-,8?,9+/m1/s1. The van der Waals surface area contributed by atoms with Gasteiger partial charge in [0.15, 0.2) is 12.9 Å². The van der Waals surface area contributed by atoms with Gasteiger partial charge in [-0.25, -0.2) is 4.79 Å². The Kier molecular flexibility index (Phi) is 3.89. The molecule has 1 rings (SSSR count). The highest BCUT2D eigenvalue weighted by molar-refractivity contribution is 5.74. The maximum absolute atomic E-state index is 11.1. The second-order valence-electron chi connectivity index (χ2n) is 3.90. The minimum Gasteiger partial charge on any atom is -0.437 e. The van der Waals surface area contributed by atoms with Gasteiger partial charge >= 0.3 is 5.97 Å². The Morgan fingerprint density at radius 2 is 2.29 bits per heavy atom. The van der Waals surface area contributed by atoms with E-state index in [1.807, 2.05) is 13.8 Å². The topological polar surface area (TPSA) is 55.8 Å². The summed E-state index contributed by atoms with van der Waals surface area (Å²) in [5, 5.41) is 9.59. The van der Waals surface area contributed by atoms with Gasteiger partial charge in [-0.1, -0.05) is 27.2 Å². The summed E-state index contributed by atoms with van der Waals surface area (Å²) >= 11 is 0. The highest BCUT2D eigenvalue weighted by Crippen LogP contribution is 2.25. The molecule has 14 heavy (non-hydrogen) atoms. The van der Waals surface area contributed by atoms with Crippen LogP contribution in [0.2, 0.25) is 0 Å². The SMILES string of the molecule is CCC(C)[C@@H]1OCOC(=O)C(O)[C@H]1C. The molecule has 1 heterocycles. The number of carbonyl (C=O) groups is 1. The molecule has 2 unspecified atom stereocenters. The van der Waals surface area contributed by atoms with Gasteiger partial charge in [0.05, 0.1) is 6.10 Å². The maximum Gasteiger partial charge on any atom is 0.337 e. The van der Waals surface area contributed by atoms with Crippen LogP contribution in [0.15, 0.2) is 0 Å². The van der Waals surface area contributed by atoms with Gasteiger partial charge < -0.3 is 14.6 Å². The quantitative estimate of drug-likeness (QED) is 0.677. The maximum atomic E-state index is 11.1. The van der Waals surface area contributed by atoms with E-state index in [1.165, 1.54) is 0 Å². The van der Waals surface area contributed by atoms with E-state index in [9.17, 15) is 9.90 Å². The van der Waals surface area contributed by atoms with Crippen molar-refractivity contribution in [1.29, 1.82) is 0 Å². The molecule has 0 bridgehead atoms. The Bertz CT molecular complexity index is 204. The van der Waals surface area contributed by atoms with Gasteiger partial charge in [-0.2, -0.15) is 0 Å². The molecule has 1 aliphatic rings. The Morgan fingerprint density at radius 3 is 2.86 bits per heavy atom. The van der Waals surface area contributed by atoms with Crippen LogP contribution in [0, 0.1) is 11.8 Å². The number of esters is 1. The van der Waals surface area contributed by atoms with E-state index in [1.54, 1.807) is 0 Å². The van der Waals surface area contributed by atoms with E-state index in [4.69, 9.17) is 9.47 Å².